The van der Waals surface area contributed by atoms with Gasteiger partial charge in [-0.1, -0.05) is 34.8 Å². The van der Waals surface area contributed by atoms with Gasteiger partial charge in [0.05, 0.1) is 43.4 Å². The molecule has 1 N–H and O–H groups in total. The monoisotopic (exact) mass is 353 g/mol. The molecule has 0 amide bonds. The smallest absolute Gasteiger partial charge is 0.182 e. The molecule has 3 rings (SSSR count). The van der Waals surface area contributed by atoms with Crippen LogP contribution in [0, 0.1) is 16.1 Å². The second-order valence-electron chi connectivity index (χ2n) is 4.33. The molecule has 21 heavy (non-hydrogen) atoms. The minimum atomic E-state index is 0.416. The Morgan fingerprint density at radius 3 is 2.48 bits per heavy atom. The van der Waals surface area contributed by atoms with E-state index in [0.717, 1.165) is 11.0 Å². The number of rotatable bonds is 1. The quantitative estimate of drug-likeness (QED) is 0.585. The average Bonchev–Trinajstić information content (AvgIpc) is 2.75. The number of hydrogen-bond acceptors (Lipinski definition) is 2. The molecular weight excluding hydrogens is 349 g/mol. The van der Waals surface area contributed by atoms with Crippen LogP contribution in [-0.4, -0.2) is 9.55 Å². The van der Waals surface area contributed by atoms with Crippen LogP contribution >= 0.6 is 47.0 Å². The van der Waals surface area contributed by atoms with Crippen LogP contribution in [0.25, 0.3) is 16.7 Å². The van der Waals surface area contributed by atoms with E-state index in [4.69, 9.17) is 52.3 Å². The Labute approximate surface area is 140 Å². The topological polar surface area (TPSA) is 44.5 Å². The number of fused-ring (bicyclic) bond motifs is 1. The first-order valence-electron chi connectivity index (χ1n) is 5.81. The lowest BCUT2D eigenvalue weighted by atomic mass is 10.2. The third-order valence-corrected chi connectivity index (χ3v) is 4.37. The molecule has 104 valence electrons. The van der Waals surface area contributed by atoms with E-state index in [1.165, 1.54) is 0 Å². The predicted octanol–water partition coefficient (Wildman–Crippen LogP) is 5.52. The van der Waals surface area contributed by atoms with E-state index in [1.54, 1.807) is 34.9 Å². The number of nitrogens with zero attached hydrogens (tertiary/aromatic N) is 2. The summed E-state index contributed by atoms with van der Waals surface area (Å²) < 4.78 is 2.18. The Kier molecular flexibility index (Phi) is 3.68. The fraction of sp³-hybridized carbons (Fsp3) is 0. The second kappa shape index (κ2) is 5.36. The van der Waals surface area contributed by atoms with E-state index < -0.39 is 0 Å². The highest BCUT2D eigenvalue weighted by Crippen LogP contribution is 2.31. The van der Waals surface area contributed by atoms with Crippen molar-refractivity contribution >= 4 is 58.1 Å². The summed E-state index contributed by atoms with van der Waals surface area (Å²) in [4.78, 5) is 3.05. The third kappa shape index (κ3) is 2.43. The molecule has 0 aliphatic heterocycles. The number of nitriles is 1. The van der Waals surface area contributed by atoms with Crippen LogP contribution in [0.5, 0.6) is 0 Å². The molecule has 0 radical (unpaired) electrons. The number of halogens is 3. The summed E-state index contributed by atoms with van der Waals surface area (Å²) in [7, 11) is 0. The van der Waals surface area contributed by atoms with Gasteiger partial charge < -0.3 is 4.98 Å². The maximum absolute atomic E-state index is 9.04. The van der Waals surface area contributed by atoms with E-state index in [0.29, 0.717) is 31.1 Å². The summed E-state index contributed by atoms with van der Waals surface area (Å²) in [5.74, 6) is 0. The molecule has 1 heterocycles. The Morgan fingerprint density at radius 2 is 1.76 bits per heavy atom. The predicted molar refractivity (Wildman–Crippen MR) is 88.2 cm³/mol. The SMILES string of the molecule is N#Cc1ccc(Cl)c(-n2c(=S)[nH]c3cc(Cl)c(Cl)cc32)c1. The first-order valence-corrected chi connectivity index (χ1v) is 7.35. The van der Waals surface area contributed by atoms with E-state index in [9.17, 15) is 0 Å². The zero-order valence-corrected chi connectivity index (χ0v) is 13.4. The van der Waals surface area contributed by atoms with Crippen LogP contribution < -0.4 is 0 Å². The minimum Gasteiger partial charge on any atom is -0.330 e. The van der Waals surface area contributed by atoms with Crippen molar-refractivity contribution in [2.75, 3.05) is 0 Å². The first-order chi connectivity index (χ1) is 10.0. The van der Waals surface area contributed by atoms with Crippen molar-refractivity contribution < 1.29 is 0 Å². The Hall–Kier alpha value is -1.51. The van der Waals surface area contributed by atoms with Crippen molar-refractivity contribution in [2.24, 2.45) is 0 Å². The van der Waals surface area contributed by atoms with Gasteiger partial charge in [-0.25, -0.2) is 0 Å². The zero-order chi connectivity index (χ0) is 15.1. The molecule has 0 unspecified atom stereocenters. The molecule has 2 aromatic carbocycles. The average molecular weight is 355 g/mol. The third-order valence-electron chi connectivity index (χ3n) is 3.04. The van der Waals surface area contributed by atoms with Crippen LogP contribution in [0.2, 0.25) is 15.1 Å². The van der Waals surface area contributed by atoms with Crippen molar-refractivity contribution in [1.29, 1.82) is 5.26 Å². The van der Waals surface area contributed by atoms with Gasteiger partial charge in [-0.15, -0.1) is 0 Å². The lowest BCUT2D eigenvalue weighted by Gasteiger charge is -2.08. The van der Waals surface area contributed by atoms with E-state index in [1.807, 2.05) is 0 Å². The molecule has 0 saturated carbocycles. The molecule has 3 nitrogen and oxygen atoms in total. The molecule has 1 aromatic heterocycles. The van der Waals surface area contributed by atoms with Gasteiger partial charge in [-0.3, -0.25) is 4.57 Å². The number of H-pyrrole nitrogens is 1. The van der Waals surface area contributed by atoms with Crippen LogP contribution in [0.1, 0.15) is 5.56 Å². The van der Waals surface area contributed by atoms with Crippen molar-refractivity contribution in [2.45, 2.75) is 0 Å². The Balaban J connectivity index is 2.41. The van der Waals surface area contributed by atoms with Crippen molar-refractivity contribution in [1.82, 2.24) is 9.55 Å². The molecular formula is C14H6Cl3N3S. The molecule has 0 fully saturated rings. The van der Waals surface area contributed by atoms with Crippen molar-refractivity contribution in [3.63, 3.8) is 0 Å². The molecule has 0 aliphatic rings. The molecule has 3 aromatic rings. The van der Waals surface area contributed by atoms with E-state index >= 15 is 0 Å². The van der Waals surface area contributed by atoms with Crippen LogP contribution in [0.4, 0.5) is 0 Å². The van der Waals surface area contributed by atoms with Crippen LogP contribution in [-0.2, 0) is 0 Å². The fourth-order valence-corrected chi connectivity index (χ4v) is 2.92. The van der Waals surface area contributed by atoms with Crippen LogP contribution in [0.3, 0.4) is 0 Å². The van der Waals surface area contributed by atoms with Crippen molar-refractivity contribution in [3.05, 3.63) is 55.7 Å². The van der Waals surface area contributed by atoms with Gasteiger partial charge in [0.25, 0.3) is 0 Å². The summed E-state index contributed by atoms with van der Waals surface area (Å²) in [6.07, 6.45) is 0. The Morgan fingerprint density at radius 1 is 1.05 bits per heavy atom. The first kappa shape index (κ1) is 14.4. The maximum atomic E-state index is 9.04. The second-order valence-corrected chi connectivity index (χ2v) is 5.94. The number of imidazole rings is 1. The van der Waals surface area contributed by atoms with E-state index in [-0.39, 0.29) is 0 Å². The highest BCUT2D eigenvalue weighted by molar-refractivity contribution is 7.71. The van der Waals surface area contributed by atoms with Crippen LogP contribution in [0.15, 0.2) is 30.3 Å². The molecule has 7 heteroatoms. The lowest BCUT2D eigenvalue weighted by Crippen LogP contribution is -1.96. The van der Waals surface area contributed by atoms with Gasteiger partial charge >= 0.3 is 0 Å². The van der Waals surface area contributed by atoms with Gasteiger partial charge in [0, 0.05) is 0 Å². The normalized spacial score (nSPS) is 10.8. The zero-order valence-electron chi connectivity index (χ0n) is 10.3. The maximum Gasteiger partial charge on any atom is 0.182 e. The summed E-state index contributed by atoms with van der Waals surface area (Å²) >= 11 is 23.7. The highest BCUT2D eigenvalue weighted by Gasteiger charge is 2.12. The number of aromatic nitrogens is 2. The van der Waals surface area contributed by atoms with Gasteiger partial charge in [-0.05, 0) is 42.5 Å². The Bertz CT molecular complexity index is 966. The minimum absolute atomic E-state index is 0.416. The molecule has 0 bridgehead atoms. The molecule has 0 atom stereocenters. The molecule has 0 aliphatic carbocycles. The molecule has 0 saturated heterocycles. The standard InChI is InChI=1S/C14H6Cl3N3S/c15-8-2-1-7(6-18)3-12(8)20-13-5-10(17)9(16)4-11(13)19-14(20)21/h1-5H,(H,19,21). The largest absolute Gasteiger partial charge is 0.330 e. The summed E-state index contributed by atoms with van der Waals surface area (Å²) in [5, 5.41) is 10.4. The van der Waals surface area contributed by atoms with E-state index in [2.05, 4.69) is 11.1 Å². The lowest BCUT2D eigenvalue weighted by molar-refractivity contribution is 1.06. The van der Waals surface area contributed by atoms with Crippen molar-refractivity contribution in [3.8, 4) is 11.8 Å². The number of benzene rings is 2. The van der Waals surface area contributed by atoms with Gasteiger partial charge in [-0.2, -0.15) is 5.26 Å². The highest BCUT2D eigenvalue weighted by atomic mass is 35.5. The van der Waals surface area contributed by atoms with Gasteiger partial charge in [0.1, 0.15) is 0 Å². The number of hydrogen-bond donors (Lipinski definition) is 1. The summed E-state index contributed by atoms with van der Waals surface area (Å²) in [6, 6.07) is 10.5. The fourth-order valence-electron chi connectivity index (χ4n) is 2.09. The number of nitrogens with one attached hydrogen (secondary N) is 1. The summed E-state index contributed by atoms with van der Waals surface area (Å²) in [5.41, 5.74) is 2.59. The summed E-state index contributed by atoms with van der Waals surface area (Å²) in [6.45, 7) is 0. The number of aromatic amines is 1. The van der Waals surface area contributed by atoms with Gasteiger partial charge in [0.15, 0.2) is 4.77 Å². The van der Waals surface area contributed by atoms with Gasteiger partial charge in [0.2, 0.25) is 0 Å². The molecule has 0 spiro atoms.